The molecule has 1 rings (SSSR count). The summed E-state index contributed by atoms with van der Waals surface area (Å²) >= 11 is 3.34. The van der Waals surface area contributed by atoms with Crippen LogP contribution in [0.3, 0.4) is 0 Å². The van der Waals surface area contributed by atoms with Gasteiger partial charge in [-0.1, -0.05) is 15.9 Å². The van der Waals surface area contributed by atoms with Gasteiger partial charge in [0.2, 0.25) is 0 Å². The number of rotatable bonds is 2. The summed E-state index contributed by atoms with van der Waals surface area (Å²) in [4.78, 5) is 11.0. The summed E-state index contributed by atoms with van der Waals surface area (Å²) in [5.41, 5.74) is 5.04. The second-order valence-electron chi connectivity index (χ2n) is 3.08. The SMILES string of the molecule is COC(=O)C1(N)CC(CBr)C1. The van der Waals surface area contributed by atoms with Crippen LogP contribution in [0, 0.1) is 5.92 Å². The minimum absolute atomic E-state index is 0.283. The molecule has 1 saturated carbocycles. The van der Waals surface area contributed by atoms with Crippen molar-refractivity contribution in [3.05, 3.63) is 0 Å². The average Bonchev–Trinajstić information content (AvgIpc) is 1.96. The van der Waals surface area contributed by atoms with E-state index in [1.807, 2.05) is 0 Å². The second-order valence-corrected chi connectivity index (χ2v) is 3.72. The van der Waals surface area contributed by atoms with Crippen LogP contribution in [0.5, 0.6) is 0 Å². The molecule has 0 aliphatic heterocycles. The van der Waals surface area contributed by atoms with Gasteiger partial charge in [0.25, 0.3) is 0 Å². The number of esters is 1. The number of carbonyl (C=O) groups excluding carboxylic acids is 1. The number of nitrogens with two attached hydrogens (primary N) is 1. The molecule has 1 aliphatic carbocycles. The second kappa shape index (κ2) is 3.11. The molecule has 2 N–H and O–H groups in total. The molecular weight excluding hydrogens is 210 g/mol. The lowest BCUT2D eigenvalue weighted by atomic mass is 9.70. The fourth-order valence-corrected chi connectivity index (χ4v) is 1.91. The Morgan fingerprint density at radius 2 is 2.36 bits per heavy atom. The van der Waals surface area contributed by atoms with E-state index in [1.165, 1.54) is 7.11 Å². The van der Waals surface area contributed by atoms with E-state index in [2.05, 4.69) is 20.7 Å². The molecule has 11 heavy (non-hydrogen) atoms. The summed E-state index contributed by atoms with van der Waals surface area (Å²) in [7, 11) is 1.37. The molecule has 0 unspecified atom stereocenters. The normalized spacial score (nSPS) is 36.1. The standard InChI is InChI=1S/C7H12BrNO2/c1-11-6(10)7(9)2-5(3-7)4-8/h5H,2-4,9H2,1H3. The summed E-state index contributed by atoms with van der Waals surface area (Å²) in [5, 5.41) is 0.920. The highest BCUT2D eigenvalue weighted by molar-refractivity contribution is 9.09. The molecule has 0 bridgehead atoms. The maximum Gasteiger partial charge on any atom is 0.325 e. The smallest absolute Gasteiger partial charge is 0.325 e. The summed E-state index contributed by atoms with van der Waals surface area (Å²) in [6.45, 7) is 0. The first-order chi connectivity index (χ1) is 5.12. The molecule has 0 radical (unpaired) electrons. The van der Waals surface area contributed by atoms with Crippen molar-refractivity contribution in [3.8, 4) is 0 Å². The lowest BCUT2D eigenvalue weighted by molar-refractivity contribution is -0.152. The molecule has 0 atom stereocenters. The molecule has 0 amide bonds. The van der Waals surface area contributed by atoms with Crippen molar-refractivity contribution < 1.29 is 9.53 Å². The zero-order valence-electron chi connectivity index (χ0n) is 6.47. The molecule has 1 aliphatic rings. The van der Waals surface area contributed by atoms with E-state index in [0.29, 0.717) is 5.92 Å². The van der Waals surface area contributed by atoms with E-state index >= 15 is 0 Å². The third-order valence-electron chi connectivity index (χ3n) is 2.12. The van der Waals surface area contributed by atoms with Crippen LogP contribution in [0.4, 0.5) is 0 Å². The molecule has 0 aromatic carbocycles. The third kappa shape index (κ3) is 1.56. The van der Waals surface area contributed by atoms with Gasteiger partial charge in [-0.2, -0.15) is 0 Å². The van der Waals surface area contributed by atoms with Gasteiger partial charge in [0.05, 0.1) is 7.11 Å². The van der Waals surface area contributed by atoms with Gasteiger partial charge < -0.3 is 10.5 Å². The highest BCUT2D eigenvalue weighted by atomic mass is 79.9. The van der Waals surface area contributed by atoms with Crippen molar-refractivity contribution in [1.29, 1.82) is 0 Å². The van der Waals surface area contributed by atoms with E-state index in [0.717, 1.165) is 18.2 Å². The topological polar surface area (TPSA) is 52.3 Å². The van der Waals surface area contributed by atoms with Crippen LogP contribution >= 0.6 is 15.9 Å². The summed E-state index contributed by atoms with van der Waals surface area (Å²) in [5.74, 6) is 0.258. The quantitative estimate of drug-likeness (QED) is 0.551. The van der Waals surface area contributed by atoms with Crippen molar-refractivity contribution >= 4 is 21.9 Å². The molecule has 0 heterocycles. The van der Waals surface area contributed by atoms with Gasteiger partial charge in [0.15, 0.2) is 0 Å². The number of methoxy groups -OCH3 is 1. The molecule has 3 nitrogen and oxygen atoms in total. The summed E-state index contributed by atoms with van der Waals surface area (Å²) in [6, 6.07) is 0. The van der Waals surface area contributed by atoms with E-state index in [1.54, 1.807) is 0 Å². The van der Waals surface area contributed by atoms with Crippen molar-refractivity contribution in [2.75, 3.05) is 12.4 Å². The lowest BCUT2D eigenvalue weighted by Crippen LogP contribution is -2.58. The predicted octanol–water partition coefficient (Wildman–Crippen LogP) is 0.662. The Kier molecular flexibility index (Phi) is 2.54. The third-order valence-corrected chi connectivity index (χ3v) is 3.03. The van der Waals surface area contributed by atoms with Crippen molar-refractivity contribution in [2.24, 2.45) is 11.7 Å². The number of hydrogen-bond acceptors (Lipinski definition) is 3. The van der Waals surface area contributed by atoms with Gasteiger partial charge >= 0.3 is 5.97 Å². The molecule has 0 spiro atoms. The highest BCUT2D eigenvalue weighted by Gasteiger charge is 2.47. The minimum Gasteiger partial charge on any atom is -0.468 e. The van der Waals surface area contributed by atoms with Gasteiger partial charge in [-0.3, -0.25) is 4.79 Å². The molecule has 4 heteroatoms. The van der Waals surface area contributed by atoms with Crippen molar-refractivity contribution in [1.82, 2.24) is 0 Å². The van der Waals surface area contributed by atoms with Crippen LogP contribution in [-0.4, -0.2) is 23.9 Å². The molecule has 0 aromatic rings. The highest BCUT2D eigenvalue weighted by Crippen LogP contribution is 2.37. The van der Waals surface area contributed by atoms with Gasteiger partial charge in [0.1, 0.15) is 5.54 Å². The van der Waals surface area contributed by atoms with Gasteiger partial charge in [-0.25, -0.2) is 0 Å². The van der Waals surface area contributed by atoms with E-state index in [-0.39, 0.29) is 5.97 Å². The molecule has 0 aromatic heterocycles. The van der Waals surface area contributed by atoms with Crippen molar-refractivity contribution in [2.45, 2.75) is 18.4 Å². The summed E-state index contributed by atoms with van der Waals surface area (Å²) in [6.07, 6.45) is 1.48. The van der Waals surface area contributed by atoms with Crippen LogP contribution in [0.2, 0.25) is 0 Å². The number of carbonyl (C=O) groups is 1. The number of alkyl halides is 1. The molecule has 64 valence electrons. The van der Waals surface area contributed by atoms with E-state index in [4.69, 9.17) is 5.73 Å². The average molecular weight is 222 g/mol. The Labute approximate surface area is 74.4 Å². The summed E-state index contributed by atoms with van der Waals surface area (Å²) < 4.78 is 4.57. The number of halogens is 1. The first kappa shape index (κ1) is 9.00. The van der Waals surface area contributed by atoms with Crippen molar-refractivity contribution in [3.63, 3.8) is 0 Å². The van der Waals surface area contributed by atoms with Gasteiger partial charge in [-0.15, -0.1) is 0 Å². The Balaban J connectivity index is 2.42. The maximum absolute atomic E-state index is 11.0. The largest absolute Gasteiger partial charge is 0.468 e. The lowest BCUT2D eigenvalue weighted by Gasteiger charge is -2.41. The van der Waals surface area contributed by atoms with Crippen LogP contribution in [0.1, 0.15) is 12.8 Å². The molecular formula is C7H12BrNO2. The maximum atomic E-state index is 11.0. The monoisotopic (exact) mass is 221 g/mol. The first-order valence-electron chi connectivity index (χ1n) is 3.55. The van der Waals surface area contributed by atoms with Crippen LogP contribution < -0.4 is 5.73 Å². The molecule has 0 saturated heterocycles. The molecule has 1 fully saturated rings. The Bertz CT molecular complexity index is 166. The zero-order valence-corrected chi connectivity index (χ0v) is 8.06. The fourth-order valence-electron chi connectivity index (χ4n) is 1.45. The fraction of sp³-hybridized carbons (Fsp3) is 0.857. The van der Waals surface area contributed by atoms with Gasteiger partial charge in [0, 0.05) is 5.33 Å². The van der Waals surface area contributed by atoms with E-state index in [9.17, 15) is 4.79 Å². The van der Waals surface area contributed by atoms with Crippen LogP contribution in [0.15, 0.2) is 0 Å². The minimum atomic E-state index is -0.687. The zero-order chi connectivity index (χ0) is 8.48. The first-order valence-corrected chi connectivity index (χ1v) is 4.68. The van der Waals surface area contributed by atoms with Crippen LogP contribution in [0.25, 0.3) is 0 Å². The number of hydrogen-bond donors (Lipinski definition) is 1. The Morgan fingerprint density at radius 1 is 1.82 bits per heavy atom. The van der Waals surface area contributed by atoms with Crippen LogP contribution in [-0.2, 0) is 9.53 Å². The Hall–Kier alpha value is -0.0900. The number of ether oxygens (including phenoxy) is 1. The van der Waals surface area contributed by atoms with Gasteiger partial charge in [-0.05, 0) is 18.8 Å². The van der Waals surface area contributed by atoms with E-state index < -0.39 is 5.54 Å². The Morgan fingerprint density at radius 3 is 2.73 bits per heavy atom. The predicted molar refractivity (Wildman–Crippen MR) is 45.5 cm³/mol.